The topological polar surface area (TPSA) is 181 Å². The van der Waals surface area contributed by atoms with Gasteiger partial charge in [0.1, 0.15) is 13.1 Å². The maximum Gasteiger partial charge on any atom is 0.262 e. The third-order valence-electron chi connectivity index (χ3n) is 10.6. The highest BCUT2D eigenvalue weighted by atomic mass is 31.2. The van der Waals surface area contributed by atoms with E-state index in [1.807, 2.05) is 13.8 Å². The van der Waals surface area contributed by atoms with Gasteiger partial charge in [0.2, 0.25) is 11.8 Å². The molecule has 2 saturated heterocycles. The molecule has 2 aromatic carbocycles. The van der Waals surface area contributed by atoms with E-state index in [4.69, 9.17) is 14.3 Å². The Labute approximate surface area is 335 Å². The second kappa shape index (κ2) is 19.2. The van der Waals surface area contributed by atoms with Crippen LogP contribution in [-0.2, 0) is 18.6 Å². The number of nitrogens with zero attached hydrogens (tertiary/aromatic N) is 6. The van der Waals surface area contributed by atoms with E-state index in [1.165, 1.54) is 0 Å². The van der Waals surface area contributed by atoms with E-state index < -0.39 is 38.3 Å². The van der Waals surface area contributed by atoms with Crippen LogP contribution in [-0.4, -0.2) is 134 Å². The number of likely N-dealkylation sites (tertiary alicyclic amines) is 2. The summed E-state index contributed by atoms with van der Waals surface area (Å²) < 4.78 is 14.6. The number of β-amino-alcohol motifs (C(OH)–C–C–N with tert-alkyl or cyclic N) is 1. The summed E-state index contributed by atoms with van der Waals surface area (Å²) in [7, 11) is -1.42. The zero-order valence-electron chi connectivity index (χ0n) is 33.5. The van der Waals surface area contributed by atoms with E-state index in [2.05, 4.69) is 38.4 Å². The first kappa shape index (κ1) is 43.5. The summed E-state index contributed by atoms with van der Waals surface area (Å²) in [4.78, 5) is 81.0. The van der Waals surface area contributed by atoms with Gasteiger partial charge < -0.3 is 24.0 Å². The van der Waals surface area contributed by atoms with Gasteiger partial charge in [0.05, 0.1) is 53.6 Å². The molecule has 1 N–H and O–H groups in total. The van der Waals surface area contributed by atoms with E-state index in [-0.39, 0.29) is 74.7 Å². The fourth-order valence-corrected chi connectivity index (χ4v) is 9.58. The maximum absolute atomic E-state index is 13.3. The lowest BCUT2D eigenvalue weighted by molar-refractivity contribution is -0.133. The van der Waals surface area contributed by atoms with Gasteiger partial charge in [-0.3, -0.25) is 38.6 Å². The highest BCUT2D eigenvalue weighted by Gasteiger charge is 2.43. The maximum atomic E-state index is 13.3. The van der Waals surface area contributed by atoms with Crippen LogP contribution in [0.2, 0.25) is 0 Å². The monoisotopic (exact) mass is 804 g/mol. The van der Waals surface area contributed by atoms with E-state index in [0.29, 0.717) is 41.6 Å². The van der Waals surface area contributed by atoms with Crippen molar-refractivity contribution in [2.45, 2.75) is 110 Å². The second-order valence-electron chi connectivity index (χ2n) is 15.1. The minimum Gasteiger partial charge on any atom is -0.391 e. The SMILES string of the molecule is CC[C@@H]1C[C@@H](O)CN1C(=O)CN1C(=O)c2ccccc2C1=O.CC[C@@H]1C[C@@H](OP(OCCC#N)N(C(C)C)C(C)C)CN1C(=O)CN1C(=O)c2ccccc2C1=O. The number of aliphatic hydroxyl groups is 1. The van der Waals surface area contributed by atoms with Crippen molar-refractivity contribution in [2.24, 2.45) is 0 Å². The summed E-state index contributed by atoms with van der Waals surface area (Å²) in [5, 5.41) is 18.6. The molecule has 2 fully saturated rings. The van der Waals surface area contributed by atoms with E-state index in [9.17, 15) is 33.9 Å². The molecule has 16 heteroatoms. The van der Waals surface area contributed by atoms with Crippen molar-refractivity contribution in [3.05, 3.63) is 70.8 Å². The number of aliphatic hydroxyl groups excluding tert-OH is 1. The zero-order valence-corrected chi connectivity index (χ0v) is 34.4. The van der Waals surface area contributed by atoms with Crippen molar-refractivity contribution in [3.8, 4) is 6.07 Å². The molecule has 0 radical (unpaired) electrons. The van der Waals surface area contributed by atoms with Crippen molar-refractivity contribution in [3.63, 3.8) is 0 Å². The quantitative estimate of drug-likeness (QED) is 0.160. The molecule has 15 nitrogen and oxygen atoms in total. The standard InChI is InChI=1S/C25H35N4O5P.C16H18N2O4/c1-6-19-14-20(34-35(33-13-9-12-26)29(17(2)3)18(4)5)15-27(19)23(30)16-28-24(31)21-10-7-8-11-22(21)25(28)32;1-2-10-7-11(19)8-17(10)14(20)9-18-15(21)12-5-3-4-6-13(12)16(18)22/h7-8,10-11,17-20H,6,9,13-16H2,1-5H3;3-6,10-11,19H,2,7-9H2,1H3/t19-,20-,35?;10-,11-/m11/s1. The van der Waals surface area contributed by atoms with Crippen LogP contribution in [0.4, 0.5) is 0 Å². The molecule has 4 aliphatic rings. The van der Waals surface area contributed by atoms with Crippen molar-refractivity contribution in [1.29, 1.82) is 5.26 Å². The Hall–Kier alpha value is -4.58. The number of imide groups is 2. The minimum atomic E-state index is -1.42. The highest BCUT2D eigenvalue weighted by molar-refractivity contribution is 7.44. The Kier molecular flexibility index (Phi) is 14.7. The molecule has 0 saturated carbocycles. The molecule has 0 spiro atoms. The number of fused-ring (bicyclic) bond motifs is 2. The Morgan fingerprint density at radius 2 is 1.19 bits per heavy atom. The first-order valence-electron chi connectivity index (χ1n) is 19.6. The molecule has 6 amide bonds. The largest absolute Gasteiger partial charge is 0.391 e. The number of hydrogen-bond acceptors (Lipinski definition) is 11. The second-order valence-corrected chi connectivity index (χ2v) is 16.5. The summed E-state index contributed by atoms with van der Waals surface area (Å²) in [6.07, 6.45) is 2.18. The van der Waals surface area contributed by atoms with Gasteiger partial charge in [0.15, 0.2) is 0 Å². The van der Waals surface area contributed by atoms with Crippen LogP contribution in [0.15, 0.2) is 48.5 Å². The number of carbonyl (C=O) groups excluding carboxylic acids is 6. The number of benzene rings is 2. The normalized spacial score (nSPS) is 22.1. The lowest BCUT2D eigenvalue weighted by Gasteiger charge is -2.36. The molecule has 2 aromatic rings. The smallest absolute Gasteiger partial charge is 0.262 e. The summed E-state index contributed by atoms with van der Waals surface area (Å²) in [6.45, 7) is 12.6. The van der Waals surface area contributed by atoms with Crippen LogP contribution in [0, 0.1) is 11.3 Å². The Bertz CT molecular complexity index is 1810. The van der Waals surface area contributed by atoms with Crippen LogP contribution in [0.3, 0.4) is 0 Å². The molecular weight excluding hydrogens is 751 g/mol. The van der Waals surface area contributed by atoms with Crippen LogP contribution in [0.25, 0.3) is 0 Å². The zero-order chi connectivity index (χ0) is 41.6. The predicted octanol–water partition coefficient (Wildman–Crippen LogP) is 4.61. The summed E-state index contributed by atoms with van der Waals surface area (Å²) in [5.41, 5.74) is 1.35. The Morgan fingerprint density at radius 3 is 1.60 bits per heavy atom. The molecule has 4 aliphatic heterocycles. The molecular formula is C41H53N6O9P. The van der Waals surface area contributed by atoms with Gasteiger partial charge in [0, 0.05) is 37.3 Å². The van der Waals surface area contributed by atoms with E-state index >= 15 is 0 Å². The van der Waals surface area contributed by atoms with Gasteiger partial charge in [-0.1, -0.05) is 38.1 Å². The first-order valence-corrected chi connectivity index (χ1v) is 20.8. The number of rotatable bonds is 14. The third kappa shape index (κ3) is 9.59. The molecule has 306 valence electrons. The van der Waals surface area contributed by atoms with Gasteiger partial charge in [-0.15, -0.1) is 0 Å². The van der Waals surface area contributed by atoms with Gasteiger partial charge in [-0.25, -0.2) is 4.67 Å². The third-order valence-corrected chi connectivity index (χ3v) is 12.8. The van der Waals surface area contributed by atoms with Crippen LogP contribution in [0.1, 0.15) is 115 Å². The van der Waals surface area contributed by atoms with E-state index in [0.717, 1.165) is 22.6 Å². The van der Waals surface area contributed by atoms with Crippen molar-refractivity contribution in [1.82, 2.24) is 24.3 Å². The molecule has 0 aliphatic carbocycles. The molecule has 4 heterocycles. The van der Waals surface area contributed by atoms with E-state index in [1.54, 1.807) is 58.3 Å². The van der Waals surface area contributed by atoms with Crippen molar-refractivity contribution in [2.75, 3.05) is 32.8 Å². The number of hydrogen-bond donors (Lipinski definition) is 1. The van der Waals surface area contributed by atoms with Crippen LogP contribution in [0.5, 0.6) is 0 Å². The average molecular weight is 805 g/mol. The fraction of sp³-hybridized carbons (Fsp3) is 0.537. The summed E-state index contributed by atoms with van der Waals surface area (Å²) in [5.74, 6) is -2.28. The highest BCUT2D eigenvalue weighted by Crippen LogP contribution is 2.48. The average Bonchev–Trinajstić information content (AvgIpc) is 3.91. The number of amides is 6. The lowest BCUT2D eigenvalue weighted by atomic mass is 10.1. The molecule has 0 bridgehead atoms. The first-order chi connectivity index (χ1) is 27.2. The lowest BCUT2D eigenvalue weighted by Crippen LogP contribution is -2.44. The van der Waals surface area contributed by atoms with Gasteiger partial charge in [-0.05, 0) is 77.6 Å². The summed E-state index contributed by atoms with van der Waals surface area (Å²) in [6, 6.07) is 15.6. The summed E-state index contributed by atoms with van der Waals surface area (Å²) >= 11 is 0. The Morgan fingerprint density at radius 1 is 0.772 bits per heavy atom. The van der Waals surface area contributed by atoms with Gasteiger partial charge >= 0.3 is 0 Å². The van der Waals surface area contributed by atoms with Gasteiger partial charge in [0.25, 0.3) is 32.2 Å². The molecule has 6 rings (SSSR count). The van der Waals surface area contributed by atoms with Crippen molar-refractivity contribution >= 4 is 44.0 Å². The molecule has 0 aromatic heterocycles. The number of carbonyl (C=O) groups is 6. The fourth-order valence-electron chi connectivity index (χ4n) is 7.87. The minimum absolute atomic E-state index is 0.0299. The molecule has 57 heavy (non-hydrogen) atoms. The Balaban J connectivity index is 0.000000241. The van der Waals surface area contributed by atoms with Gasteiger partial charge in [-0.2, -0.15) is 5.26 Å². The predicted molar refractivity (Wildman–Crippen MR) is 211 cm³/mol. The van der Waals surface area contributed by atoms with Crippen LogP contribution >= 0.6 is 8.53 Å². The molecule has 1 unspecified atom stereocenters. The molecule has 5 atom stereocenters. The van der Waals surface area contributed by atoms with Crippen LogP contribution < -0.4 is 0 Å². The van der Waals surface area contributed by atoms with Crippen molar-refractivity contribution < 1.29 is 42.9 Å². The number of nitriles is 1.